The summed E-state index contributed by atoms with van der Waals surface area (Å²) in [6.07, 6.45) is 0.426. The van der Waals surface area contributed by atoms with Crippen molar-refractivity contribution in [1.82, 2.24) is 0 Å². The number of hydrogen-bond acceptors (Lipinski definition) is 2. The van der Waals surface area contributed by atoms with Crippen LogP contribution in [0.2, 0.25) is 0 Å². The molecule has 3 nitrogen and oxygen atoms in total. The number of rotatable bonds is 6. The molecule has 0 aliphatic carbocycles. The van der Waals surface area contributed by atoms with Crippen molar-refractivity contribution in [3.05, 3.63) is 60.7 Å². The first kappa shape index (κ1) is 18.4. The number of hydrogen-bond donors (Lipinski definition) is 1. The van der Waals surface area contributed by atoms with E-state index in [-0.39, 0.29) is 0 Å². The molecule has 0 fully saturated rings. The molecule has 0 aliphatic rings. The van der Waals surface area contributed by atoms with Gasteiger partial charge in [-0.05, 0) is 16.8 Å². The minimum atomic E-state index is -2.13. The Morgan fingerprint density at radius 3 is 1.67 bits per heavy atom. The van der Waals surface area contributed by atoms with Crippen molar-refractivity contribution >= 4 is 25.4 Å². The summed E-state index contributed by atoms with van der Waals surface area (Å²) in [6.45, 7) is 7.70. The Kier molecular flexibility index (Phi) is 5.62. The zero-order chi connectivity index (χ0) is 17.8. The first-order valence-electron chi connectivity index (χ1n) is 8.33. The monoisotopic (exact) mass is 342 g/mol. The Bertz CT molecular complexity index is 625. The van der Waals surface area contributed by atoms with Gasteiger partial charge in [0.2, 0.25) is 9.04 Å². The Hall–Kier alpha value is -1.91. The fourth-order valence-electron chi connectivity index (χ4n) is 3.10. The molecule has 0 saturated heterocycles. The summed E-state index contributed by atoms with van der Waals surface area (Å²) in [4.78, 5) is 12.2. The summed E-state index contributed by atoms with van der Waals surface area (Å²) < 4.78 is 6.52. The topological polar surface area (TPSA) is 46.5 Å². The van der Waals surface area contributed by atoms with Crippen LogP contribution in [0.15, 0.2) is 60.7 Å². The van der Waals surface area contributed by atoms with Gasteiger partial charge in [0.25, 0.3) is 0 Å². The van der Waals surface area contributed by atoms with Crippen molar-refractivity contribution in [3.63, 3.8) is 0 Å². The third kappa shape index (κ3) is 3.60. The third-order valence-electron chi connectivity index (χ3n) is 4.58. The molecule has 0 spiro atoms. The quantitative estimate of drug-likeness (QED) is 0.821. The van der Waals surface area contributed by atoms with E-state index in [1.165, 1.54) is 0 Å². The Labute approximate surface area is 146 Å². The summed E-state index contributed by atoms with van der Waals surface area (Å²) in [5, 5.41) is 12.2. The number of carboxylic acids is 1. The van der Waals surface area contributed by atoms with Crippen molar-refractivity contribution in [2.24, 2.45) is 5.41 Å². The van der Waals surface area contributed by atoms with Gasteiger partial charge in [-0.2, -0.15) is 0 Å². The highest BCUT2D eigenvalue weighted by Crippen LogP contribution is 2.37. The average Bonchev–Trinajstić information content (AvgIpc) is 2.56. The molecule has 0 heterocycles. The lowest BCUT2D eigenvalue weighted by Crippen LogP contribution is -2.60. The van der Waals surface area contributed by atoms with Crippen LogP contribution in [-0.4, -0.2) is 25.7 Å². The molecule has 24 heavy (non-hydrogen) atoms. The lowest BCUT2D eigenvalue weighted by molar-refractivity contribution is -0.167. The summed E-state index contributed by atoms with van der Waals surface area (Å²) in [7, 11) is -2.13. The molecular weight excluding hydrogens is 316 g/mol. The number of benzene rings is 2. The van der Waals surface area contributed by atoms with E-state index in [1.807, 2.05) is 88.4 Å². The first-order valence-corrected chi connectivity index (χ1v) is 9.95. The molecule has 1 N–H and O–H groups in total. The molecule has 1 unspecified atom stereocenters. The van der Waals surface area contributed by atoms with E-state index < -0.39 is 26.0 Å². The van der Waals surface area contributed by atoms with Crippen LogP contribution < -0.4 is 10.4 Å². The summed E-state index contributed by atoms with van der Waals surface area (Å²) in [5.41, 5.74) is -1.72. The molecule has 1 atom stereocenters. The molecule has 0 saturated carbocycles. The van der Waals surface area contributed by atoms with Gasteiger partial charge < -0.3 is 9.53 Å². The van der Waals surface area contributed by atoms with Crippen molar-refractivity contribution in [2.45, 2.75) is 39.7 Å². The summed E-state index contributed by atoms with van der Waals surface area (Å²) in [5.74, 6) is -0.887. The SMILES string of the molecule is CCC(O[SiH](c1ccccc1)c1ccccc1)(C(=O)O)C(C)(C)C. The molecule has 0 aromatic heterocycles. The summed E-state index contributed by atoms with van der Waals surface area (Å²) in [6, 6.07) is 20.0. The minimum Gasteiger partial charge on any atom is -0.479 e. The van der Waals surface area contributed by atoms with Crippen LogP contribution in [0.5, 0.6) is 0 Å². The third-order valence-corrected chi connectivity index (χ3v) is 7.20. The van der Waals surface area contributed by atoms with Gasteiger partial charge in [-0.15, -0.1) is 0 Å². The summed E-state index contributed by atoms with van der Waals surface area (Å²) >= 11 is 0. The van der Waals surface area contributed by atoms with E-state index in [0.29, 0.717) is 6.42 Å². The zero-order valence-corrected chi connectivity index (χ0v) is 16.0. The fourth-order valence-corrected chi connectivity index (χ4v) is 5.92. The molecule has 0 bridgehead atoms. The van der Waals surface area contributed by atoms with Gasteiger partial charge in [0.15, 0.2) is 5.60 Å². The van der Waals surface area contributed by atoms with Gasteiger partial charge in [0.05, 0.1) is 0 Å². The number of carbonyl (C=O) groups is 1. The van der Waals surface area contributed by atoms with E-state index >= 15 is 0 Å². The zero-order valence-electron chi connectivity index (χ0n) is 14.8. The largest absolute Gasteiger partial charge is 0.479 e. The highest BCUT2D eigenvalue weighted by Gasteiger charge is 2.50. The van der Waals surface area contributed by atoms with E-state index in [1.54, 1.807) is 0 Å². The second kappa shape index (κ2) is 7.32. The minimum absolute atomic E-state index is 0.426. The Morgan fingerprint density at radius 1 is 0.958 bits per heavy atom. The van der Waals surface area contributed by atoms with Crippen LogP contribution in [0, 0.1) is 5.41 Å². The highest BCUT2D eigenvalue weighted by molar-refractivity contribution is 6.80. The normalized spacial score (nSPS) is 14.4. The Morgan fingerprint density at radius 2 is 1.38 bits per heavy atom. The molecule has 128 valence electrons. The predicted octanol–water partition coefficient (Wildman–Crippen LogP) is 2.82. The van der Waals surface area contributed by atoms with Crippen LogP contribution in [0.3, 0.4) is 0 Å². The van der Waals surface area contributed by atoms with Crippen LogP contribution >= 0.6 is 0 Å². The molecule has 2 rings (SSSR count). The second-order valence-electron chi connectivity index (χ2n) is 7.05. The molecule has 0 amide bonds. The van der Waals surface area contributed by atoms with Crippen LogP contribution in [0.4, 0.5) is 0 Å². The van der Waals surface area contributed by atoms with Gasteiger partial charge in [-0.1, -0.05) is 88.4 Å². The standard InChI is InChI=1S/C20H26O3Si/c1-5-20(18(21)22,19(2,3)4)23-24(16-12-8-6-9-13-16)17-14-10-7-11-15-17/h6-15,24H,5H2,1-4H3,(H,21,22). The van der Waals surface area contributed by atoms with Crippen LogP contribution in [-0.2, 0) is 9.22 Å². The number of carboxylic acid groups (broad SMARTS) is 1. The van der Waals surface area contributed by atoms with Gasteiger partial charge in [-0.25, -0.2) is 4.79 Å². The van der Waals surface area contributed by atoms with Crippen molar-refractivity contribution < 1.29 is 14.3 Å². The molecule has 2 aromatic carbocycles. The van der Waals surface area contributed by atoms with Gasteiger partial charge in [0, 0.05) is 5.41 Å². The molecule has 0 radical (unpaired) electrons. The molecule has 4 heteroatoms. The number of aliphatic carboxylic acids is 1. The van der Waals surface area contributed by atoms with Gasteiger partial charge in [-0.3, -0.25) is 0 Å². The molecule has 0 aliphatic heterocycles. The lowest BCUT2D eigenvalue weighted by atomic mass is 9.75. The second-order valence-corrected chi connectivity index (χ2v) is 9.38. The maximum absolute atomic E-state index is 12.2. The van der Waals surface area contributed by atoms with Crippen LogP contribution in [0.1, 0.15) is 34.1 Å². The maximum Gasteiger partial charge on any atom is 0.335 e. The van der Waals surface area contributed by atoms with Crippen molar-refractivity contribution in [3.8, 4) is 0 Å². The van der Waals surface area contributed by atoms with E-state index in [4.69, 9.17) is 4.43 Å². The smallest absolute Gasteiger partial charge is 0.335 e. The van der Waals surface area contributed by atoms with E-state index in [2.05, 4.69) is 0 Å². The van der Waals surface area contributed by atoms with Crippen LogP contribution in [0.25, 0.3) is 0 Å². The van der Waals surface area contributed by atoms with Crippen molar-refractivity contribution in [2.75, 3.05) is 0 Å². The van der Waals surface area contributed by atoms with Crippen molar-refractivity contribution in [1.29, 1.82) is 0 Å². The van der Waals surface area contributed by atoms with E-state index in [0.717, 1.165) is 10.4 Å². The van der Waals surface area contributed by atoms with E-state index in [9.17, 15) is 9.90 Å². The maximum atomic E-state index is 12.2. The first-order chi connectivity index (χ1) is 11.3. The Balaban J connectivity index is 2.54. The predicted molar refractivity (Wildman–Crippen MR) is 100 cm³/mol. The van der Waals surface area contributed by atoms with Gasteiger partial charge >= 0.3 is 5.97 Å². The highest BCUT2D eigenvalue weighted by atomic mass is 28.3. The fraction of sp³-hybridized carbons (Fsp3) is 0.350. The van der Waals surface area contributed by atoms with Gasteiger partial charge in [0.1, 0.15) is 0 Å². The lowest BCUT2D eigenvalue weighted by Gasteiger charge is -2.43. The molecule has 2 aromatic rings. The molecular formula is C20H26O3Si. The average molecular weight is 343 g/mol.